The summed E-state index contributed by atoms with van der Waals surface area (Å²) in [7, 11) is 5.15. The fraction of sp³-hybridized carbons (Fsp3) is 0.889. The van der Waals surface area contributed by atoms with Crippen molar-refractivity contribution in [1.82, 2.24) is 0 Å². The molecule has 0 fully saturated rings. The summed E-state index contributed by atoms with van der Waals surface area (Å²) < 4.78 is 16.1. The highest BCUT2D eigenvalue weighted by Crippen LogP contribution is 2.27. The van der Waals surface area contributed by atoms with Crippen LogP contribution in [0.25, 0.3) is 0 Å². The lowest BCUT2D eigenvalue weighted by atomic mass is 9.97. The van der Waals surface area contributed by atoms with Crippen LogP contribution in [0.3, 0.4) is 0 Å². The Labute approximate surface area is 83.3 Å². The Hall–Kier alpha value is 0.1000. The Balaban J connectivity index is 2.73. The van der Waals surface area contributed by atoms with Crippen LogP contribution in [0.2, 0.25) is 0 Å². The zero-order valence-corrected chi connectivity index (χ0v) is 9.34. The molecular weight excluding hydrogens is 188 g/mol. The Kier molecular flexibility index (Phi) is 4.38. The zero-order chi connectivity index (χ0) is 9.73. The van der Waals surface area contributed by atoms with Crippen LogP contribution in [0.4, 0.5) is 0 Å². The van der Waals surface area contributed by atoms with Crippen LogP contribution in [-0.2, 0) is 14.2 Å². The molecule has 4 heteroatoms. The van der Waals surface area contributed by atoms with Crippen molar-refractivity contribution in [1.29, 1.82) is 0 Å². The third-order valence-electron chi connectivity index (χ3n) is 2.47. The molecule has 0 N–H and O–H groups in total. The summed E-state index contributed by atoms with van der Waals surface area (Å²) in [4.78, 5) is 0. The third kappa shape index (κ3) is 2.31. The van der Waals surface area contributed by atoms with Gasteiger partial charge in [0.2, 0.25) is 0 Å². The molecule has 0 bridgehead atoms. The second-order valence-electron chi connectivity index (χ2n) is 3.19. The second kappa shape index (κ2) is 5.10. The topological polar surface area (TPSA) is 27.7 Å². The standard InChI is InChI=1S/C9H18O3S/c1-10-6-9(12-3)7-13-5-4-8(9)11-2/h5,8,13H,4,6-7H2,1-3H3/t8?,9-/m1/s1. The third-order valence-corrected chi connectivity index (χ3v) is 3.66. The normalized spacial score (nSPS) is 34.2. The molecule has 0 aromatic heterocycles. The summed E-state index contributed by atoms with van der Waals surface area (Å²) in [6.45, 7) is 0.600. The SMILES string of the molecule is COC[C@@]1(OC)C[SH]=CCC1OC. The largest absolute Gasteiger partial charge is 0.382 e. The van der Waals surface area contributed by atoms with Crippen molar-refractivity contribution in [3.8, 4) is 0 Å². The number of ether oxygens (including phenoxy) is 3. The zero-order valence-electron chi connectivity index (χ0n) is 8.45. The maximum Gasteiger partial charge on any atom is 0.126 e. The van der Waals surface area contributed by atoms with E-state index in [4.69, 9.17) is 14.2 Å². The van der Waals surface area contributed by atoms with Crippen molar-refractivity contribution in [2.45, 2.75) is 18.1 Å². The van der Waals surface area contributed by atoms with Gasteiger partial charge in [-0.1, -0.05) is 5.37 Å². The average Bonchev–Trinajstić information content (AvgIpc) is 2.19. The molecule has 78 valence electrons. The van der Waals surface area contributed by atoms with Crippen LogP contribution < -0.4 is 0 Å². The molecule has 13 heavy (non-hydrogen) atoms. The van der Waals surface area contributed by atoms with Crippen molar-refractivity contribution in [2.75, 3.05) is 33.7 Å². The first-order valence-electron chi connectivity index (χ1n) is 4.34. The van der Waals surface area contributed by atoms with E-state index in [0.29, 0.717) is 6.61 Å². The molecule has 0 radical (unpaired) electrons. The van der Waals surface area contributed by atoms with Crippen LogP contribution in [-0.4, -0.2) is 50.8 Å². The molecule has 1 aliphatic rings. The van der Waals surface area contributed by atoms with E-state index in [1.54, 1.807) is 21.3 Å². The van der Waals surface area contributed by atoms with E-state index < -0.39 is 0 Å². The molecular formula is C9H18O3S. The molecule has 3 nitrogen and oxygen atoms in total. The maximum atomic E-state index is 5.55. The lowest BCUT2D eigenvalue weighted by Gasteiger charge is -2.39. The van der Waals surface area contributed by atoms with E-state index in [2.05, 4.69) is 5.37 Å². The molecule has 0 aromatic carbocycles. The summed E-state index contributed by atoms with van der Waals surface area (Å²) in [6, 6.07) is 0. The molecule has 2 atom stereocenters. The number of hydrogen-bond acceptors (Lipinski definition) is 3. The molecule has 0 saturated heterocycles. The van der Waals surface area contributed by atoms with Gasteiger partial charge in [0.1, 0.15) is 5.60 Å². The summed E-state index contributed by atoms with van der Waals surface area (Å²) in [6.07, 6.45) is 1.06. The molecule has 0 aliphatic carbocycles. The number of methoxy groups -OCH3 is 3. The number of rotatable bonds is 4. The number of hydrogen-bond donors (Lipinski definition) is 1. The van der Waals surface area contributed by atoms with Crippen molar-refractivity contribution < 1.29 is 14.2 Å². The van der Waals surface area contributed by atoms with E-state index >= 15 is 0 Å². The van der Waals surface area contributed by atoms with E-state index in [0.717, 1.165) is 12.2 Å². The molecule has 0 amide bonds. The first kappa shape index (κ1) is 11.2. The van der Waals surface area contributed by atoms with Crippen LogP contribution in [0.15, 0.2) is 0 Å². The highest BCUT2D eigenvalue weighted by Gasteiger charge is 2.39. The predicted octanol–water partition coefficient (Wildman–Crippen LogP) is 0.704. The molecule has 0 spiro atoms. The van der Waals surface area contributed by atoms with Gasteiger partial charge >= 0.3 is 0 Å². The van der Waals surface area contributed by atoms with Crippen LogP contribution in [0.5, 0.6) is 0 Å². The summed E-state index contributed by atoms with van der Waals surface area (Å²) in [5, 5.41) is 2.22. The predicted molar refractivity (Wildman–Crippen MR) is 56.9 cm³/mol. The first-order chi connectivity index (χ1) is 6.29. The fourth-order valence-corrected chi connectivity index (χ4v) is 2.86. The molecule has 1 unspecified atom stereocenters. The van der Waals surface area contributed by atoms with Crippen LogP contribution in [0, 0.1) is 0 Å². The van der Waals surface area contributed by atoms with Crippen molar-refractivity contribution in [3.05, 3.63) is 0 Å². The van der Waals surface area contributed by atoms with Crippen LogP contribution >= 0.6 is 11.4 Å². The Morgan fingerprint density at radius 3 is 2.77 bits per heavy atom. The highest BCUT2D eigenvalue weighted by atomic mass is 32.1. The Morgan fingerprint density at radius 2 is 2.23 bits per heavy atom. The van der Waals surface area contributed by atoms with E-state index in [-0.39, 0.29) is 11.7 Å². The van der Waals surface area contributed by atoms with Crippen LogP contribution in [0.1, 0.15) is 6.42 Å². The molecule has 0 aromatic rings. The van der Waals surface area contributed by atoms with Gasteiger partial charge in [-0.2, -0.15) is 0 Å². The van der Waals surface area contributed by atoms with Gasteiger partial charge in [0.05, 0.1) is 12.7 Å². The van der Waals surface area contributed by atoms with Gasteiger partial charge in [-0.3, -0.25) is 0 Å². The smallest absolute Gasteiger partial charge is 0.126 e. The molecule has 1 aliphatic heterocycles. The fourth-order valence-electron chi connectivity index (χ4n) is 1.65. The van der Waals surface area contributed by atoms with Gasteiger partial charge in [-0.05, 0) is 6.42 Å². The second-order valence-corrected chi connectivity index (χ2v) is 4.23. The lowest BCUT2D eigenvalue weighted by molar-refractivity contribution is -0.130. The summed E-state index contributed by atoms with van der Waals surface area (Å²) in [5.74, 6) is 0.954. The van der Waals surface area contributed by atoms with Gasteiger partial charge in [0, 0.05) is 27.1 Å². The maximum absolute atomic E-state index is 5.55. The average molecular weight is 206 g/mol. The monoisotopic (exact) mass is 206 g/mol. The van der Waals surface area contributed by atoms with Gasteiger partial charge in [-0.25, -0.2) is 11.4 Å². The Morgan fingerprint density at radius 1 is 1.46 bits per heavy atom. The van der Waals surface area contributed by atoms with E-state index in [1.807, 2.05) is 0 Å². The quantitative estimate of drug-likeness (QED) is 0.542. The minimum atomic E-state index is -0.250. The Bertz CT molecular complexity index is 184. The van der Waals surface area contributed by atoms with Crippen molar-refractivity contribution in [3.63, 3.8) is 0 Å². The van der Waals surface area contributed by atoms with Gasteiger partial charge < -0.3 is 14.2 Å². The number of thiol groups is 1. The van der Waals surface area contributed by atoms with Crippen molar-refractivity contribution in [2.24, 2.45) is 0 Å². The van der Waals surface area contributed by atoms with Gasteiger partial charge in [0.15, 0.2) is 0 Å². The van der Waals surface area contributed by atoms with Gasteiger partial charge in [0.25, 0.3) is 0 Å². The lowest BCUT2D eigenvalue weighted by Crippen LogP contribution is -2.52. The molecule has 0 saturated carbocycles. The van der Waals surface area contributed by atoms with E-state index in [1.165, 1.54) is 11.4 Å². The molecule has 1 rings (SSSR count). The summed E-state index contributed by atoms with van der Waals surface area (Å²) in [5.41, 5.74) is -0.250. The van der Waals surface area contributed by atoms with Crippen molar-refractivity contribution >= 4 is 16.7 Å². The minimum Gasteiger partial charge on any atom is -0.382 e. The van der Waals surface area contributed by atoms with Gasteiger partial charge in [-0.15, -0.1) is 0 Å². The first-order valence-corrected chi connectivity index (χ1v) is 5.49. The van der Waals surface area contributed by atoms with E-state index in [9.17, 15) is 0 Å². The summed E-state index contributed by atoms with van der Waals surface area (Å²) >= 11 is 1.31. The highest BCUT2D eigenvalue weighted by molar-refractivity contribution is 7.97. The minimum absolute atomic E-state index is 0.124. The molecule has 1 heterocycles.